The molecule has 3 rings (SSSR count). The Kier molecular flexibility index (Phi) is 4.47. The number of hydrogen-bond donors (Lipinski definition) is 1. The number of amides is 1. The minimum Gasteiger partial charge on any atom is -0.343 e. The highest BCUT2D eigenvalue weighted by molar-refractivity contribution is 5.94. The van der Waals surface area contributed by atoms with Crippen molar-refractivity contribution in [3.8, 4) is 0 Å². The summed E-state index contributed by atoms with van der Waals surface area (Å²) >= 11 is 0. The van der Waals surface area contributed by atoms with Crippen molar-refractivity contribution in [1.82, 2.24) is 14.9 Å². The Labute approximate surface area is 133 Å². The molecule has 0 aliphatic rings. The lowest BCUT2D eigenvalue weighted by Crippen LogP contribution is -2.31. The largest absolute Gasteiger partial charge is 0.343 e. The van der Waals surface area contributed by atoms with Crippen LogP contribution in [0.4, 0.5) is 4.39 Å². The van der Waals surface area contributed by atoms with Gasteiger partial charge in [0.05, 0.1) is 12.4 Å². The van der Waals surface area contributed by atoms with E-state index < -0.39 is 5.82 Å². The Balaban J connectivity index is 1.82. The average Bonchev–Trinajstić information content (AvgIpc) is 3.08. The normalized spacial score (nSPS) is 11.9. The summed E-state index contributed by atoms with van der Waals surface area (Å²) in [6.45, 7) is 0.547. The quantitative estimate of drug-likeness (QED) is 0.787. The van der Waals surface area contributed by atoms with Crippen molar-refractivity contribution >= 4 is 5.91 Å². The molecule has 116 valence electrons. The van der Waals surface area contributed by atoms with Crippen molar-refractivity contribution < 1.29 is 9.18 Å². The van der Waals surface area contributed by atoms with Gasteiger partial charge in [-0.05, 0) is 23.8 Å². The van der Waals surface area contributed by atoms with E-state index in [-0.39, 0.29) is 11.9 Å². The van der Waals surface area contributed by atoms with Gasteiger partial charge < -0.3 is 9.88 Å². The van der Waals surface area contributed by atoms with Crippen LogP contribution < -0.4 is 5.32 Å². The Morgan fingerprint density at radius 1 is 1.17 bits per heavy atom. The standard InChI is InChI=1S/C18H16FN3O/c19-16-8-4-7-15(11-16)18(23)21-17(12-22-10-9-20-13-22)14-5-2-1-3-6-14/h1-11,13,17H,12H2,(H,21,23)/t17-/m1/s1. The summed E-state index contributed by atoms with van der Waals surface area (Å²) in [7, 11) is 0. The van der Waals surface area contributed by atoms with Crippen molar-refractivity contribution in [3.63, 3.8) is 0 Å². The molecule has 0 radical (unpaired) electrons. The van der Waals surface area contributed by atoms with Gasteiger partial charge >= 0.3 is 0 Å². The molecule has 1 heterocycles. The summed E-state index contributed by atoms with van der Waals surface area (Å²) in [6, 6.07) is 15.1. The van der Waals surface area contributed by atoms with Gasteiger partial charge in [-0.15, -0.1) is 0 Å². The van der Waals surface area contributed by atoms with E-state index in [9.17, 15) is 9.18 Å². The van der Waals surface area contributed by atoms with Gasteiger partial charge in [-0.2, -0.15) is 0 Å². The van der Waals surface area contributed by atoms with Gasteiger partial charge in [-0.3, -0.25) is 4.79 Å². The average molecular weight is 309 g/mol. The van der Waals surface area contributed by atoms with E-state index in [1.807, 2.05) is 41.1 Å². The number of nitrogens with zero attached hydrogens (tertiary/aromatic N) is 2. The van der Waals surface area contributed by atoms with Crippen LogP contribution in [0.1, 0.15) is 22.0 Å². The molecule has 0 unspecified atom stereocenters. The molecule has 5 heteroatoms. The predicted molar refractivity (Wildman–Crippen MR) is 85.3 cm³/mol. The molecule has 0 aliphatic carbocycles. The number of nitrogens with one attached hydrogen (secondary N) is 1. The Bertz CT molecular complexity index is 772. The molecule has 0 saturated heterocycles. The Hall–Kier alpha value is -2.95. The van der Waals surface area contributed by atoms with Crippen LogP contribution in [-0.2, 0) is 6.54 Å². The first kappa shape index (κ1) is 15.0. The van der Waals surface area contributed by atoms with E-state index >= 15 is 0 Å². The van der Waals surface area contributed by atoms with E-state index in [1.165, 1.54) is 18.2 Å². The maximum absolute atomic E-state index is 13.3. The van der Waals surface area contributed by atoms with Crippen LogP contribution in [0.2, 0.25) is 0 Å². The number of rotatable bonds is 5. The molecular weight excluding hydrogens is 293 g/mol. The van der Waals surface area contributed by atoms with E-state index in [1.54, 1.807) is 18.6 Å². The first-order chi connectivity index (χ1) is 11.2. The highest BCUT2D eigenvalue weighted by atomic mass is 19.1. The molecule has 0 saturated carbocycles. The van der Waals surface area contributed by atoms with Crippen molar-refractivity contribution in [2.75, 3.05) is 0 Å². The van der Waals surface area contributed by atoms with Crippen molar-refractivity contribution in [2.45, 2.75) is 12.6 Å². The zero-order valence-corrected chi connectivity index (χ0v) is 12.4. The van der Waals surface area contributed by atoms with Gasteiger partial charge in [0.25, 0.3) is 5.91 Å². The third-order valence-electron chi connectivity index (χ3n) is 3.55. The minimum atomic E-state index is -0.427. The second kappa shape index (κ2) is 6.87. The number of hydrogen-bond acceptors (Lipinski definition) is 2. The van der Waals surface area contributed by atoms with Crippen LogP contribution in [-0.4, -0.2) is 15.5 Å². The fourth-order valence-electron chi connectivity index (χ4n) is 2.40. The molecule has 1 aromatic heterocycles. The van der Waals surface area contributed by atoms with E-state index in [0.29, 0.717) is 12.1 Å². The smallest absolute Gasteiger partial charge is 0.251 e. The summed E-state index contributed by atoms with van der Waals surface area (Å²) in [6.07, 6.45) is 5.23. The van der Waals surface area contributed by atoms with Crippen LogP contribution in [0.25, 0.3) is 0 Å². The van der Waals surface area contributed by atoms with Crippen LogP contribution >= 0.6 is 0 Å². The van der Waals surface area contributed by atoms with E-state index in [0.717, 1.165) is 5.56 Å². The first-order valence-electron chi connectivity index (χ1n) is 7.29. The summed E-state index contributed by atoms with van der Waals surface area (Å²) in [5.74, 6) is -0.734. The van der Waals surface area contributed by atoms with E-state index in [2.05, 4.69) is 10.3 Å². The Morgan fingerprint density at radius 2 is 2.00 bits per heavy atom. The summed E-state index contributed by atoms with van der Waals surface area (Å²) in [5, 5.41) is 2.96. The lowest BCUT2D eigenvalue weighted by Gasteiger charge is -2.20. The fourth-order valence-corrected chi connectivity index (χ4v) is 2.40. The summed E-state index contributed by atoms with van der Waals surface area (Å²) in [4.78, 5) is 16.4. The molecule has 23 heavy (non-hydrogen) atoms. The maximum Gasteiger partial charge on any atom is 0.251 e. The lowest BCUT2D eigenvalue weighted by atomic mass is 10.1. The number of benzene rings is 2. The molecular formula is C18H16FN3O. The molecule has 1 amide bonds. The third kappa shape index (κ3) is 3.83. The molecule has 3 aromatic rings. The predicted octanol–water partition coefficient (Wildman–Crippen LogP) is 3.19. The minimum absolute atomic E-state index is 0.235. The van der Waals surface area contributed by atoms with Crippen molar-refractivity contribution in [1.29, 1.82) is 0 Å². The SMILES string of the molecule is O=C(N[C@H](Cn1ccnc1)c1ccccc1)c1cccc(F)c1. The fraction of sp³-hybridized carbons (Fsp3) is 0.111. The van der Waals surface area contributed by atoms with Crippen LogP contribution in [0, 0.1) is 5.82 Å². The third-order valence-corrected chi connectivity index (χ3v) is 3.55. The Morgan fingerprint density at radius 3 is 2.70 bits per heavy atom. The number of carbonyl (C=O) groups excluding carboxylic acids is 1. The number of imidazole rings is 1. The highest BCUT2D eigenvalue weighted by Crippen LogP contribution is 2.16. The highest BCUT2D eigenvalue weighted by Gasteiger charge is 2.16. The lowest BCUT2D eigenvalue weighted by molar-refractivity contribution is 0.0932. The van der Waals surface area contributed by atoms with Gasteiger partial charge in [0.2, 0.25) is 0 Å². The zero-order valence-electron chi connectivity index (χ0n) is 12.4. The molecule has 0 spiro atoms. The van der Waals surface area contributed by atoms with Crippen LogP contribution in [0.5, 0.6) is 0 Å². The number of aromatic nitrogens is 2. The molecule has 0 bridgehead atoms. The monoisotopic (exact) mass is 309 g/mol. The molecule has 1 atom stereocenters. The van der Waals surface area contributed by atoms with E-state index in [4.69, 9.17) is 0 Å². The number of halogens is 1. The van der Waals surface area contributed by atoms with Gasteiger partial charge in [0.15, 0.2) is 0 Å². The van der Waals surface area contributed by atoms with Gasteiger partial charge in [-0.25, -0.2) is 9.37 Å². The first-order valence-corrected chi connectivity index (χ1v) is 7.29. The molecule has 0 fully saturated rings. The van der Waals surface area contributed by atoms with Gasteiger partial charge in [0.1, 0.15) is 5.82 Å². The molecule has 0 aliphatic heterocycles. The second-order valence-corrected chi connectivity index (χ2v) is 5.21. The van der Waals surface area contributed by atoms with Crippen molar-refractivity contribution in [3.05, 3.63) is 90.3 Å². The summed E-state index contributed by atoms with van der Waals surface area (Å²) in [5.41, 5.74) is 1.28. The second-order valence-electron chi connectivity index (χ2n) is 5.21. The summed E-state index contributed by atoms with van der Waals surface area (Å²) < 4.78 is 15.2. The zero-order chi connectivity index (χ0) is 16.1. The molecule has 1 N–H and O–H groups in total. The number of carbonyl (C=O) groups is 1. The molecule has 4 nitrogen and oxygen atoms in total. The van der Waals surface area contributed by atoms with Crippen LogP contribution in [0.3, 0.4) is 0 Å². The van der Waals surface area contributed by atoms with Gasteiger partial charge in [0, 0.05) is 24.5 Å². The van der Waals surface area contributed by atoms with Crippen LogP contribution in [0.15, 0.2) is 73.3 Å². The topological polar surface area (TPSA) is 46.9 Å². The van der Waals surface area contributed by atoms with Crippen molar-refractivity contribution in [2.24, 2.45) is 0 Å². The maximum atomic E-state index is 13.3. The molecule has 2 aromatic carbocycles. The van der Waals surface area contributed by atoms with Gasteiger partial charge in [-0.1, -0.05) is 36.4 Å².